The first-order valence-electron chi connectivity index (χ1n) is 7.84. The molecule has 3 nitrogen and oxygen atoms in total. The van der Waals surface area contributed by atoms with Gasteiger partial charge in [-0.2, -0.15) is 0 Å². The van der Waals surface area contributed by atoms with E-state index in [-0.39, 0.29) is 24.0 Å². The standard InChI is InChI=1S/C17H23NO2S/c1-12-11-21-16-5-3-2-4-14(16)10-18(12)17(20)13-6-8-15(19)9-7-13/h2-5,12-13,15,19H,6-11H2,1H3. The van der Waals surface area contributed by atoms with Crippen LogP contribution in [0.2, 0.25) is 0 Å². The average Bonchev–Trinajstić information content (AvgIpc) is 2.67. The third kappa shape index (κ3) is 3.27. The van der Waals surface area contributed by atoms with E-state index in [1.165, 1.54) is 10.5 Å². The molecular weight excluding hydrogens is 282 g/mol. The van der Waals surface area contributed by atoms with E-state index in [0.717, 1.165) is 38.0 Å². The molecule has 114 valence electrons. The number of carbonyl (C=O) groups excluding carboxylic acids is 1. The maximum Gasteiger partial charge on any atom is 0.226 e. The van der Waals surface area contributed by atoms with E-state index >= 15 is 0 Å². The number of nitrogens with zero attached hydrogens (tertiary/aromatic N) is 1. The summed E-state index contributed by atoms with van der Waals surface area (Å²) < 4.78 is 0. The number of fused-ring (bicyclic) bond motifs is 1. The lowest BCUT2D eigenvalue weighted by Crippen LogP contribution is -2.43. The first-order valence-corrected chi connectivity index (χ1v) is 8.83. The Balaban J connectivity index is 1.75. The number of rotatable bonds is 1. The molecule has 1 fully saturated rings. The lowest BCUT2D eigenvalue weighted by Gasteiger charge is -2.33. The monoisotopic (exact) mass is 305 g/mol. The van der Waals surface area contributed by atoms with Gasteiger partial charge in [0.05, 0.1) is 6.10 Å². The molecule has 0 radical (unpaired) electrons. The van der Waals surface area contributed by atoms with Crippen LogP contribution >= 0.6 is 11.8 Å². The van der Waals surface area contributed by atoms with E-state index in [4.69, 9.17) is 0 Å². The maximum absolute atomic E-state index is 12.9. The van der Waals surface area contributed by atoms with Crippen LogP contribution in [-0.4, -0.2) is 33.8 Å². The number of benzene rings is 1. The molecule has 0 saturated heterocycles. The lowest BCUT2D eigenvalue weighted by molar-refractivity contribution is -0.139. The molecule has 1 aromatic carbocycles. The summed E-state index contributed by atoms with van der Waals surface area (Å²) in [5.74, 6) is 1.34. The Labute approximate surface area is 130 Å². The van der Waals surface area contributed by atoms with Gasteiger partial charge in [-0.1, -0.05) is 18.2 Å². The zero-order chi connectivity index (χ0) is 14.8. The predicted octanol–water partition coefficient (Wildman–Crippen LogP) is 3.06. The Kier molecular flexibility index (Phi) is 4.55. The number of hydrogen-bond donors (Lipinski definition) is 1. The molecule has 1 saturated carbocycles. The minimum atomic E-state index is -0.202. The van der Waals surface area contributed by atoms with Gasteiger partial charge in [0.2, 0.25) is 5.91 Å². The molecular formula is C17H23NO2S. The van der Waals surface area contributed by atoms with Crippen molar-refractivity contribution < 1.29 is 9.90 Å². The molecule has 1 aliphatic carbocycles. The Hall–Kier alpha value is -1.00. The first kappa shape index (κ1) is 14.9. The van der Waals surface area contributed by atoms with Crippen molar-refractivity contribution in [2.45, 2.75) is 56.2 Å². The fourth-order valence-electron chi connectivity index (χ4n) is 3.27. The average molecular weight is 305 g/mol. The molecule has 21 heavy (non-hydrogen) atoms. The van der Waals surface area contributed by atoms with Crippen LogP contribution in [0.1, 0.15) is 38.2 Å². The molecule has 4 heteroatoms. The van der Waals surface area contributed by atoms with Gasteiger partial charge in [-0.25, -0.2) is 0 Å². The van der Waals surface area contributed by atoms with Gasteiger partial charge in [0.1, 0.15) is 0 Å². The van der Waals surface area contributed by atoms with Crippen LogP contribution in [0.5, 0.6) is 0 Å². The minimum Gasteiger partial charge on any atom is -0.393 e. The number of aliphatic hydroxyl groups excluding tert-OH is 1. The summed E-state index contributed by atoms with van der Waals surface area (Å²) in [4.78, 5) is 16.2. The van der Waals surface area contributed by atoms with Crippen LogP contribution in [0.3, 0.4) is 0 Å². The van der Waals surface area contributed by atoms with Crippen molar-refractivity contribution in [1.82, 2.24) is 4.90 Å². The quantitative estimate of drug-likeness (QED) is 0.867. The van der Waals surface area contributed by atoms with Crippen LogP contribution in [0.4, 0.5) is 0 Å². The second-order valence-electron chi connectivity index (χ2n) is 6.24. The van der Waals surface area contributed by atoms with Crippen LogP contribution in [0, 0.1) is 5.92 Å². The van der Waals surface area contributed by atoms with E-state index < -0.39 is 0 Å². The van der Waals surface area contributed by atoms with Gasteiger partial charge >= 0.3 is 0 Å². The van der Waals surface area contributed by atoms with Gasteiger partial charge < -0.3 is 10.0 Å². The summed E-state index contributed by atoms with van der Waals surface area (Å²) in [7, 11) is 0. The zero-order valence-corrected chi connectivity index (χ0v) is 13.3. The maximum atomic E-state index is 12.9. The van der Waals surface area contributed by atoms with Crippen molar-refractivity contribution in [2.75, 3.05) is 5.75 Å². The normalized spacial score (nSPS) is 29.6. The molecule has 1 amide bonds. The molecule has 3 rings (SSSR count). The molecule has 1 aliphatic heterocycles. The van der Waals surface area contributed by atoms with E-state index in [1.54, 1.807) is 0 Å². The molecule has 1 atom stereocenters. The van der Waals surface area contributed by atoms with Crippen LogP contribution in [-0.2, 0) is 11.3 Å². The van der Waals surface area contributed by atoms with Crippen LogP contribution in [0.25, 0.3) is 0 Å². The molecule has 1 unspecified atom stereocenters. The summed E-state index contributed by atoms with van der Waals surface area (Å²) in [5, 5.41) is 9.62. The third-order valence-electron chi connectivity index (χ3n) is 4.65. The van der Waals surface area contributed by atoms with Crippen LogP contribution < -0.4 is 0 Å². The lowest BCUT2D eigenvalue weighted by atomic mass is 9.86. The summed E-state index contributed by atoms with van der Waals surface area (Å²) in [6, 6.07) is 8.66. The fraction of sp³-hybridized carbons (Fsp3) is 0.588. The van der Waals surface area contributed by atoms with Gasteiger partial charge in [0, 0.05) is 29.2 Å². The van der Waals surface area contributed by atoms with E-state index in [0.29, 0.717) is 0 Å². The first-order chi connectivity index (χ1) is 10.1. The van der Waals surface area contributed by atoms with Crippen molar-refractivity contribution in [1.29, 1.82) is 0 Å². The minimum absolute atomic E-state index is 0.103. The Morgan fingerprint density at radius 2 is 1.95 bits per heavy atom. The zero-order valence-electron chi connectivity index (χ0n) is 12.5. The summed E-state index contributed by atoms with van der Waals surface area (Å²) in [6.07, 6.45) is 3.00. The smallest absolute Gasteiger partial charge is 0.226 e. The van der Waals surface area contributed by atoms with Crippen LogP contribution in [0.15, 0.2) is 29.2 Å². The number of aliphatic hydroxyl groups is 1. The Bertz CT molecular complexity index is 511. The molecule has 1 N–H and O–H groups in total. The van der Waals surface area contributed by atoms with Crippen molar-refractivity contribution in [3.63, 3.8) is 0 Å². The fourth-order valence-corrected chi connectivity index (χ4v) is 4.36. The molecule has 1 aromatic rings. The molecule has 0 bridgehead atoms. The van der Waals surface area contributed by atoms with Gasteiger partial charge in [-0.05, 0) is 44.2 Å². The number of hydrogen-bond acceptors (Lipinski definition) is 3. The van der Waals surface area contributed by atoms with E-state index in [2.05, 4.69) is 36.1 Å². The summed E-state index contributed by atoms with van der Waals surface area (Å²) in [6.45, 7) is 2.87. The third-order valence-corrected chi connectivity index (χ3v) is 6.01. The van der Waals surface area contributed by atoms with E-state index in [1.807, 2.05) is 11.8 Å². The topological polar surface area (TPSA) is 40.5 Å². The highest BCUT2D eigenvalue weighted by Crippen LogP contribution is 2.33. The van der Waals surface area contributed by atoms with Gasteiger partial charge in [-0.3, -0.25) is 4.79 Å². The highest BCUT2D eigenvalue weighted by atomic mass is 32.2. The van der Waals surface area contributed by atoms with Gasteiger partial charge in [-0.15, -0.1) is 11.8 Å². The number of carbonyl (C=O) groups is 1. The predicted molar refractivity (Wildman–Crippen MR) is 85.1 cm³/mol. The Morgan fingerprint density at radius 1 is 1.24 bits per heavy atom. The van der Waals surface area contributed by atoms with Crippen molar-refractivity contribution in [2.24, 2.45) is 5.92 Å². The highest BCUT2D eigenvalue weighted by Gasteiger charge is 2.32. The molecule has 1 heterocycles. The summed E-state index contributed by atoms with van der Waals surface area (Å²) >= 11 is 1.85. The number of amides is 1. The van der Waals surface area contributed by atoms with Gasteiger partial charge in [0.25, 0.3) is 0 Å². The van der Waals surface area contributed by atoms with Crippen molar-refractivity contribution in [3.05, 3.63) is 29.8 Å². The summed E-state index contributed by atoms with van der Waals surface area (Å²) in [5.41, 5.74) is 1.26. The van der Waals surface area contributed by atoms with Crippen molar-refractivity contribution >= 4 is 17.7 Å². The highest BCUT2D eigenvalue weighted by molar-refractivity contribution is 7.99. The molecule has 0 spiro atoms. The second-order valence-corrected chi connectivity index (χ2v) is 7.30. The number of thioether (sulfide) groups is 1. The van der Waals surface area contributed by atoms with Gasteiger partial charge in [0.15, 0.2) is 0 Å². The Morgan fingerprint density at radius 3 is 2.71 bits per heavy atom. The second kappa shape index (κ2) is 6.41. The SMILES string of the molecule is CC1CSc2ccccc2CN1C(=O)C1CCC(O)CC1. The largest absolute Gasteiger partial charge is 0.393 e. The van der Waals surface area contributed by atoms with Crippen molar-refractivity contribution in [3.8, 4) is 0 Å². The van der Waals surface area contributed by atoms with E-state index in [9.17, 15) is 9.90 Å². The molecule has 0 aromatic heterocycles. The molecule has 2 aliphatic rings.